The molecule has 1 heterocycles. The molecule has 1 rings (SSSR count). The van der Waals surface area contributed by atoms with Crippen molar-refractivity contribution >= 4 is 0 Å². The molecule has 0 fully saturated rings. The highest BCUT2D eigenvalue weighted by molar-refractivity contribution is 5.26. The van der Waals surface area contributed by atoms with Crippen LogP contribution in [0.15, 0.2) is 12.3 Å². The monoisotopic (exact) mass is 297 g/mol. The van der Waals surface area contributed by atoms with Crippen LogP contribution in [0.2, 0.25) is 0 Å². The summed E-state index contributed by atoms with van der Waals surface area (Å²) in [5.41, 5.74) is 2.47. The lowest BCUT2D eigenvalue weighted by Gasteiger charge is -2.18. The lowest BCUT2D eigenvalue weighted by atomic mass is 10.1. The lowest BCUT2D eigenvalue weighted by molar-refractivity contribution is -0.174. The maximum atomic E-state index is 13.9. The van der Waals surface area contributed by atoms with Gasteiger partial charge < -0.3 is 9.47 Å². The number of nitrogens with one attached hydrogen (secondary N) is 1. The first-order valence-corrected chi connectivity index (χ1v) is 5.68. The fraction of sp³-hybridized carbons (Fsp3) is 0.545. The van der Waals surface area contributed by atoms with Crippen molar-refractivity contribution in [2.45, 2.75) is 18.6 Å². The third-order valence-corrected chi connectivity index (χ3v) is 2.47. The van der Waals surface area contributed by atoms with Crippen LogP contribution in [0.1, 0.15) is 18.0 Å². The van der Waals surface area contributed by atoms with Gasteiger partial charge in [0.15, 0.2) is 5.82 Å². The first kappa shape index (κ1) is 16.6. The van der Waals surface area contributed by atoms with Crippen molar-refractivity contribution in [3.63, 3.8) is 0 Å². The van der Waals surface area contributed by atoms with Crippen molar-refractivity contribution in [1.29, 1.82) is 0 Å². The zero-order valence-corrected chi connectivity index (χ0v) is 10.7. The highest BCUT2D eigenvalue weighted by atomic mass is 19.4. The van der Waals surface area contributed by atoms with Crippen LogP contribution in [0.25, 0.3) is 0 Å². The molecule has 0 amide bonds. The number of hydrazine groups is 1. The Bertz CT molecular complexity index is 429. The Hall–Kier alpha value is -1.45. The molecule has 1 aromatic rings. The summed E-state index contributed by atoms with van der Waals surface area (Å²) in [6.45, 7) is -1.58. The molecule has 0 saturated carbocycles. The van der Waals surface area contributed by atoms with Crippen molar-refractivity contribution in [2.24, 2.45) is 5.84 Å². The summed E-state index contributed by atoms with van der Waals surface area (Å²) < 4.78 is 58.8. The predicted molar refractivity (Wildman–Crippen MR) is 62.3 cm³/mol. The summed E-state index contributed by atoms with van der Waals surface area (Å²) in [4.78, 5) is 3.66. The molecule has 0 spiro atoms. The van der Waals surface area contributed by atoms with Crippen molar-refractivity contribution in [3.05, 3.63) is 23.6 Å². The van der Waals surface area contributed by atoms with Crippen molar-refractivity contribution in [2.75, 3.05) is 20.3 Å². The Morgan fingerprint density at radius 2 is 2.15 bits per heavy atom. The van der Waals surface area contributed by atoms with Crippen LogP contribution in [0.5, 0.6) is 5.88 Å². The molecule has 114 valence electrons. The molecular formula is C11H15F4N3O2. The molecule has 1 aromatic heterocycles. The number of nitrogens with zero attached hydrogens (tertiary/aromatic N) is 1. The number of aromatic nitrogens is 1. The number of ether oxygens (including phenoxy) is 2. The van der Waals surface area contributed by atoms with Crippen molar-refractivity contribution < 1.29 is 27.0 Å². The van der Waals surface area contributed by atoms with E-state index in [1.807, 2.05) is 0 Å². The second kappa shape index (κ2) is 7.36. The van der Waals surface area contributed by atoms with Gasteiger partial charge in [0.05, 0.1) is 13.2 Å². The zero-order valence-electron chi connectivity index (χ0n) is 10.7. The predicted octanol–water partition coefficient (Wildman–Crippen LogP) is 1.70. The highest BCUT2D eigenvalue weighted by Gasteiger charge is 2.27. The number of rotatable bonds is 7. The minimum Gasteiger partial charge on any atom is -0.479 e. The normalized spacial score (nSPS) is 13.3. The molecule has 0 aromatic carbocycles. The molecule has 0 aliphatic heterocycles. The maximum Gasteiger partial charge on any atom is 0.411 e. The minimum atomic E-state index is -4.39. The molecule has 3 N–H and O–H groups in total. The number of hydrogen-bond donors (Lipinski definition) is 2. The fourth-order valence-corrected chi connectivity index (χ4v) is 1.57. The third-order valence-electron chi connectivity index (χ3n) is 2.47. The van der Waals surface area contributed by atoms with Crippen LogP contribution in [0, 0.1) is 5.82 Å². The van der Waals surface area contributed by atoms with E-state index in [1.54, 1.807) is 0 Å². The topological polar surface area (TPSA) is 69.4 Å². The molecule has 20 heavy (non-hydrogen) atoms. The largest absolute Gasteiger partial charge is 0.479 e. The Balaban J connectivity index is 2.63. The Morgan fingerprint density at radius 3 is 2.70 bits per heavy atom. The van der Waals surface area contributed by atoms with E-state index < -0.39 is 24.6 Å². The minimum absolute atomic E-state index is 0.0661. The van der Waals surface area contributed by atoms with E-state index >= 15 is 0 Å². The third kappa shape index (κ3) is 4.91. The summed E-state index contributed by atoms with van der Waals surface area (Å²) in [6.07, 6.45) is -3.01. The lowest BCUT2D eigenvalue weighted by Crippen LogP contribution is -2.30. The van der Waals surface area contributed by atoms with Gasteiger partial charge in [0.1, 0.15) is 6.61 Å². The quantitative estimate of drug-likeness (QED) is 0.347. The van der Waals surface area contributed by atoms with Gasteiger partial charge in [-0.2, -0.15) is 13.2 Å². The van der Waals surface area contributed by atoms with Crippen LogP contribution in [0.3, 0.4) is 0 Å². The summed E-state index contributed by atoms with van der Waals surface area (Å²) in [7, 11) is 1.26. The van der Waals surface area contributed by atoms with Crippen molar-refractivity contribution in [1.82, 2.24) is 10.4 Å². The van der Waals surface area contributed by atoms with Gasteiger partial charge in [-0.05, 0) is 12.5 Å². The average Bonchev–Trinajstić information content (AvgIpc) is 2.39. The van der Waals surface area contributed by atoms with Crippen LogP contribution in [0.4, 0.5) is 17.6 Å². The maximum absolute atomic E-state index is 13.9. The number of pyridine rings is 1. The Kier molecular flexibility index (Phi) is 6.11. The number of halogens is 4. The van der Waals surface area contributed by atoms with Crippen LogP contribution < -0.4 is 16.0 Å². The number of alkyl halides is 3. The average molecular weight is 297 g/mol. The summed E-state index contributed by atoms with van der Waals surface area (Å²) in [5.74, 6) is 4.35. The second-order valence-corrected chi connectivity index (χ2v) is 3.90. The summed E-state index contributed by atoms with van der Waals surface area (Å²) >= 11 is 0. The molecule has 0 radical (unpaired) electrons. The van der Waals surface area contributed by atoms with E-state index in [4.69, 9.17) is 10.6 Å². The standard InChI is InChI=1S/C11H15F4N3O2/c1-19-10-9(12)7(2-4-17-10)8(18-16)3-5-20-6-11(13,14)15/h2,4,8,18H,3,5-6,16H2,1H3. The Morgan fingerprint density at radius 1 is 1.45 bits per heavy atom. The summed E-state index contributed by atoms with van der Waals surface area (Å²) in [6, 6.07) is 0.659. The Labute approximate surface area is 113 Å². The molecule has 0 aliphatic carbocycles. The van der Waals surface area contributed by atoms with Gasteiger partial charge in [-0.15, -0.1) is 0 Å². The van der Waals surface area contributed by atoms with E-state index in [1.165, 1.54) is 19.4 Å². The van der Waals surface area contributed by atoms with Gasteiger partial charge in [-0.3, -0.25) is 11.3 Å². The van der Waals surface area contributed by atoms with Gasteiger partial charge in [0.25, 0.3) is 0 Å². The van der Waals surface area contributed by atoms with E-state index in [-0.39, 0.29) is 24.5 Å². The highest BCUT2D eigenvalue weighted by Crippen LogP contribution is 2.24. The van der Waals surface area contributed by atoms with E-state index in [2.05, 4.69) is 15.1 Å². The van der Waals surface area contributed by atoms with Crippen LogP contribution in [-0.4, -0.2) is 31.5 Å². The van der Waals surface area contributed by atoms with E-state index in [9.17, 15) is 17.6 Å². The second-order valence-electron chi connectivity index (χ2n) is 3.90. The van der Waals surface area contributed by atoms with Gasteiger partial charge >= 0.3 is 6.18 Å². The van der Waals surface area contributed by atoms with Gasteiger partial charge in [-0.1, -0.05) is 0 Å². The molecule has 1 atom stereocenters. The molecule has 0 saturated heterocycles. The number of nitrogens with two attached hydrogens (primary N) is 1. The molecule has 9 heteroatoms. The molecule has 0 aliphatic rings. The first-order chi connectivity index (χ1) is 9.39. The van der Waals surface area contributed by atoms with Gasteiger partial charge in [-0.25, -0.2) is 9.37 Å². The number of methoxy groups -OCH3 is 1. The first-order valence-electron chi connectivity index (χ1n) is 5.68. The molecular weight excluding hydrogens is 282 g/mol. The molecule has 1 unspecified atom stereocenters. The van der Waals surface area contributed by atoms with Gasteiger partial charge in [0.2, 0.25) is 5.88 Å². The number of hydrogen-bond acceptors (Lipinski definition) is 5. The van der Waals surface area contributed by atoms with E-state index in [0.29, 0.717) is 0 Å². The zero-order chi connectivity index (χ0) is 15.2. The van der Waals surface area contributed by atoms with Crippen LogP contribution >= 0.6 is 0 Å². The molecule has 5 nitrogen and oxygen atoms in total. The SMILES string of the molecule is COc1nccc(C(CCOCC(F)(F)F)NN)c1F. The van der Waals surface area contributed by atoms with Crippen molar-refractivity contribution in [3.8, 4) is 5.88 Å². The molecule has 0 bridgehead atoms. The van der Waals surface area contributed by atoms with E-state index in [0.717, 1.165) is 0 Å². The summed E-state index contributed by atoms with van der Waals surface area (Å²) in [5, 5.41) is 0. The smallest absolute Gasteiger partial charge is 0.411 e. The van der Waals surface area contributed by atoms with Crippen LogP contribution in [-0.2, 0) is 4.74 Å². The fourth-order valence-electron chi connectivity index (χ4n) is 1.57. The van der Waals surface area contributed by atoms with Gasteiger partial charge in [0, 0.05) is 18.4 Å².